The van der Waals surface area contributed by atoms with Crippen molar-refractivity contribution in [2.24, 2.45) is 0 Å². The maximum Gasteiger partial charge on any atom is 0.330 e. The van der Waals surface area contributed by atoms with Gasteiger partial charge < -0.3 is 14.2 Å². The number of hydrogen-bond donors (Lipinski definition) is 0. The van der Waals surface area contributed by atoms with Crippen LogP contribution in [0.2, 0.25) is 0 Å². The SMILES string of the molecule is CCCOCCOC/C=C/C(=O)OCC. The monoisotopic (exact) mass is 216 g/mol. The topological polar surface area (TPSA) is 44.8 Å². The van der Waals surface area contributed by atoms with Gasteiger partial charge in [-0.05, 0) is 13.3 Å². The Morgan fingerprint density at radius 1 is 1.13 bits per heavy atom. The standard InChI is InChI=1S/C11H20O4/c1-3-7-13-9-10-14-8-5-6-11(12)15-4-2/h5-6H,3-4,7-10H2,1-2H3/b6-5+. The Kier molecular flexibility index (Phi) is 10.6. The van der Waals surface area contributed by atoms with Gasteiger partial charge in [-0.3, -0.25) is 0 Å². The first-order valence-corrected chi connectivity index (χ1v) is 5.30. The highest BCUT2D eigenvalue weighted by atomic mass is 16.5. The van der Waals surface area contributed by atoms with Gasteiger partial charge in [0.05, 0.1) is 26.4 Å². The van der Waals surface area contributed by atoms with Gasteiger partial charge in [-0.2, -0.15) is 0 Å². The number of ether oxygens (including phenoxy) is 3. The molecule has 88 valence electrons. The van der Waals surface area contributed by atoms with E-state index in [9.17, 15) is 4.79 Å². The molecule has 0 heterocycles. The molecular weight excluding hydrogens is 196 g/mol. The van der Waals surface area contributed by atoms with Crippen molar-refractivity contribution in [1.29, 1.82) is 0 Å². The smallest absolute Gasteiger partial charge is 0.330 e. The predicted molar refractivity (Wildman–Crippen MR) is 57.7 cm³/mol. The Bertz CT molecular complexity index is 177. The molecule has 0 bridgehead atoms. The minimum atomic E-state index is -0.330. The summed E-state index contributed by atoms with van der Waals surface area (Å²) in [5.41, 5.74) is 0. The van der Waals surface area contributed by atoms with Crippen molar-refractivity contribution >= 4 is 5.97 Å². The molecule has 0 amide bonds. The van der Waals surface area contributed by atoms with Crippen LogP contribution in [0.25, 0.3) is 0 Å². The van der Waals surface area contributed by atoms with Crippen molar-refractivity contribution in [2.45, 2.75) is 20.3 Å². The average molecular weight is 216 g/mol. The molecule has 0 atom stereocenters. The second-order valence-corrected chi connectivity index (χ2v) is 2.84. The lowest BCUT2D eigenvalue weighted by Crippen LogP contribution is -2.05. The molecule has 0 spiro atoms. The van der Waals surface area contributed by atoms with Crippen LogP contribution in [0, 0.1) is 0 Å². The minimum absolute atomic E-state index is 0.330. The fourth-order valence-corrected chi connectivity index (χ4v) is 0.850. The summed E-state index contributed by atoms with van der Waals surface area (Å²) < 4.78 is 15.1. The van der Waals surface area contributed by atoms with E-state index in [1.165, 1.54) is 6.08 Å². The third-order valence-electron chi connectivity index (χ3n) is 1.48. The molecule has 0 aromatic heterocycles. The largest absolute Gasteiger partial charge is 0.463 e. The van der Waals surface area contributed by atoms with Crippen molar-refractivity contribution in [2.75, 3.05) is 33.0 Å². The number of carbonyl (C=O) groups is 1. The van der Waals surface area contributed by atoms with Gasteiger partial charge in [0.1, 0.15) is 0 Å². The summed E-state index contributed by atoms with van der Waals surface area (Å²) in [6, 6.07) is 0. The van der Waals surface area contributed by atoms with Gasteiger partial charge in [0.25, 0.3) is 0 Å². The van der Waals surface area contributed by atoms with Crippen LogP contribution in [0.15, 0.2) is 12.2 Å². The molecule has 0 N–H and O–H groups in total. The summed E-state index contributed by atoms with van der Waals surface area (Å²) >= 11 is 0. The first-order valence-electron chi connectivity index (χ1n) is 5.30. The lowest BCUT2D eigenvalue weighted by molar-refractivity contribution is -0.137. The van der Waals surface area contributed by atoms with Crippen molar-refractivity contribution in [1.82, 2.24) is 0 Å². The molecule has 4 nitrogen and oxygen atoms in total. The Hall–Kier alpha value is -0.870. The lowest BCUT2D eigenvalue weighted by Gasteiger charge is -2.01. The normalized spacial score (nSPS) is 10.8. The van der Waals surface area contributed by atoms with Gasteiger partial charge in [0.15, 0.2) is 0 Å². The maximum atomic E-state index is 10.8. The molecule has 0 aromatic carbocycles. The van der Waals surface area contributed by atoms with Crippen LogP contribution in [0.4, 0.5) is 0 Å². The minimum Gasteiger partial charge on any atom is -0.463 e. The highest BCUT2D eigenvalue weighted by Crippen LogP contribution is 1.85. The van der Waals surface area contributed by atoms with Crippen molar-refractivity contribution in [3.05, 3.63) is 12.2 Å². The maximum absolute atomic E-state index is 10.8. The zero-order valence-electron chi connectivity index (χ0n) is 9.53. The quantitative estimate of drug-likeness (QED) is 0.333. The van der Waals surface area contributed by atoms with Crippen LogP contribution in [0.3, 0.4) is 0 Å². The summed E-state index contributed by atoms with van der Waals surface area (Å²) in [5, 5.41) is 0. The molecule has 0 radical (unpaired) electrons. The second kappa shape index (κ2) is 11.2. The Morgan fingerprint density at radius 3 is 2.53 bits per heavy atom. The highest BCUT2D eigenvalue weighted by molar-refractivity contribution is 5.81. The molecule has 0 aliphatic carbocycles. The number of esters is 1. The third kappa shape index (κ3) is 11.1. The summed E-state index contributed by atoms with van der Waals surface area (Å²) in [4.78, 5) is 10.8. The van der Waals surface area contributed by atoms with Crippen molar-refractivity contribution < 1.29 is 19.0 Å². The molecule has 0 rings (SSSR count). The Morgan fingerprint density at radius 2 is 1.87 bits per heavy atom. The van der Waals surface area contributed by atoms with Crippen LogP contribution in [-0.4, -0.2) is 39.0 Å². The van der Waals surface area contributed by atoms with E-state index in [2.05, 4.69) is 6.92 Å². The molecular formula is C11H20O4. The predicted octanol–water partition coefficient (Wildman–Crippen LogP) is 1.55. The van der Waals surface area contributed by atoms with Gasteiger partial charge in [0.2, 0.25) is 0 Å². The van der Waals surface area contributed by atoms with Crippen LogP contribution >= 0.6 is 0 Å². The van der Waals surface area contributed by atoms with E-state index in [4.69, 9.17) is 14.2 Å². The highest BCUT2D eigenvalue weighted by Gasteiger charge is 1.92. The molecule has 0 saturated carbocycles. The molecule has 0 saturated heterocycles. The third-order valence-corrected chi connectivity index (χ3v) is 1.48. The van der Waals surface area contributed by atoms with Gasteiger partial charge >= 0.3 is 5.97 Å². The second-order valence-electron chi connectivity index (χ2n) is 2.84. The molecule has 0 aliphatic heterocycles. The van der Waals surface area contributed by atoms with E-state index in [0.717, 1.165) is 13.0 Å². The van der Waals surface area contributed by atoms with Crippen LogP contribution in [0.1, 0.15) is 20.3 Å². The van der Waals surface area contributed by atoms with Gasteiger partial charge in [-0.1, -0.05) is 13.0 Å². The summed E-state index contributed by atoms with van der Waals surface area (Å²) in [5.74, 6) is -0.330. The van der Waals surface area contributed by atoms with E-state index >= 15 is 0 Å². The zero-order chi connectivity index (χ0) is 11.4. The lowest BCUT2D eigenvalue weighted by atomic mass is 10.5. The Labute approximate surface area is 91.2 Å². The molecule has 4 heteroatoms. The van der Waals surface area contributed by atoms with Crippen LogP contribution in [-0.2, 0) is 19.0 Å². The van der Waals surface area contributed by atoms with E-state index in [1.54, 1.807) is 13.0 Å². The van der Waals surface area contributed by atoms with Crippen LogP contribution < -0.4 is 0 Å². The first kappa shape index (κ1) is 14.1. The van der Waals surface area contributed by atoms with E-state index in [-0.39, 0.29) is 5.97 Å². The average Bonchev–Trinajstić information content (AvgIpc) is 2.22. The van der Waals surface area contributed by atoms with Crippen molar-refractivity contribution in [3.63, 3.8) is 0 Å². The summed E-state index contributed by atoms with van der Waals surface area (Å²) in [6.45, 7) is 6.55. The van der Waals surface area contributed by atoms with Gasteiger partial charge in [-0.25, -0.2) is 4.79 Å². The number of rotatable bonds is 9. The van der Waals surface area contributed by atoms with Gasteiger partial charge in [0, 0.05) is 12.7 Å². The first-order chi connectivity index (χ1) is 7.31. The Balaban J connectivity index is 3.19. The van der Waals surface area contributed by atoms with E-state index in [0.29, 0.717) is 26.4 Å². The fraction of sp³-hybridized carbons (Fsp3) is 0.727. The van der Waals surface area contributed by atoms with E-state index in [1.807, 2.05) is 0 Å². The summed E-state index contributed by atoms with van der Waals surface area (Å²) in [6.07, 6.45) is 4.02. The summed E-state index contributed by atoms with van der Waals surface area (Å²) in [7, 11) is 0. The van der Waals surface area contributed by atoms with Crippen LogP contribution in [0.5, 0.6) is 0 Å². The van der Waals surface area contributed by atoms with Crippen molar-refractivity contribution in [3.8, 4) is 0 Å². The molecule has 0 aliphatic rings. The molecule has 15 heavy (non-hydrogen) atoms. The molecule has 0 aromatic rings. The van der Waals surface area contributed by atoms with Gasteiger partial charge in [-0.15, -0.1) is 0 Å². The fourth-order valence-electron chi connectivity index (χ4n) is 0.850. The molecule has 0 fully saturated rings. The van der Waals surface area contributed by atoms with E-state index < -0.39 is 0 Å². The zero-order valence-corrected chi connectivity index (χ0v) is 9.53. The number of hydrogen-bond acceptors (Lipinski definition) is 4. The molecule has 0 unspecified atom stereocenters. The number of carbonyl (C=O) groups excluding carboxylic acids is 1.